The Bertz CT molecular complexity index is 880. The summed E-state index contributed by atoms with van der Waals surface area (Å²) in [5, 5.41) is 2.73. The molecule has 2 aliphatic rings. The zero-order valence-corrected chi connectivity index (χ0v) is 16.8. The number of hydrogen-bond acceptors (Lipinski definition) is 6. The number of fused-ring (bicyclic) bond motifs is 1. The molecule has 1 spiro atoms. The molecule has 0 aromatic heterocycles. The predicted molar refractivity (Wildman–Crippen MR) is 110 cm³/mol. The average molecular weight is 413 g/mol. The molecule has 1 N–H and O–H groups in total. The number of amides is 1. The Morgan fingerprint density at radius 2 is 1.76 bits per heavy atom. The van der Waals surface area contributed by atoms with Gasteiger partial charge in [-0.25, -0.2) is 0 Å². The van der Waals surface area contributed by atoms with Gasteiger partial charge in [-0.15, -0.1) is 11.8 Å². The molecule has 4 rings (SSSR count). The van der Waals surface area contributed by atoms with E-state index in [0.717, 1.165) is 30.6 Å². The van der Waals surface area contributed by atoms with Gasteiger partial charge in [-0.3, -0.25) is 9.59 Å². The lowest BCUT2D eigenvalue weighted by atomic mass is 9.94. The van der Waals surface area contributed by atoms with Crippen molar-refractivity contribution in [1.82, 2.24) is 0 Å². The summed E-state index contributed by atoms with van der Waals surface area (Å²) in [4.78, 5) is 24.9. The molecule has 1 fully saturated rings. The molecule has 0 unspecified atom stereocenters. The first-order valence-electron chi connectivity index (χ1n) is 9.77. The topological polar surface area (TPSA) is 73.9 Å². The Morgan fingerprint density at radius 1 is 1.00 bits per heavy atom. The maximum atomic E-state index is 12.1. The van der Waals surface area contributed by atoms with E-state index in [0.29, 0.717) is 17.2 Å². The minimum atomic E-state index is -0.546. The third-order valence-corrected chi connectivity index (χ3v) is 5.88. The highest BCUT2D eigenvalue weighted by atomic mass is 32.2. The highest BCUT2D eigenvalue weighted by molar-refractivity contribution is 8.00. The van der Waals surface area contributed by atoms with Gasteiger partial charge in [0, 0.05) is 29.5 Å². The summed E-state index contributed by atoms with van der Waals surface area (Å²) < 4.78 is 17.2. The number of carbonyl (C=O) groups excluding carboxylic acids is 2. The van der Waals surface area contributed by atoms with Gasteiger partial charge >= 0.3 is 5.97 Å². The minimum absolute atomic E-state index is 0.156. The minimum Gasteiger partial charge on any atom is -0.455 e. The van der Waals surface area contributed by atoms with E-state index in [1.807, 2.05) is 30.3 Å². The molecule has 2 aromatic carbocycles. The summed E-state index contributed by atoms with van der Waals surface area (Å²) >= 11 is 1.37. The molecule has 29 heavy (non-hydrogen) atoms. The van der Waals surface area contributed by atoms with Crippen LogP contribution in [0.3, 0.4) is 0 Å². The van der Waals surface area contributed by atoms with Crippen molar-refractivity contribution < 1.29 is 23.8 Å². The van der Waals surface area contributed by atoms with E-state index in [4.69, 9.17) is 14.2 Å². The molecule has 6 nitrogen and oxygen atoms in total. The van der Waals surface area contributed by atoms with Gasteiger partial charge in [0.25, 0.3) is 11.7 Å². The van der Waals surface area contributed by atoms with Crippen LogP contribution in [0.15, 0.2) is 53.4 Å². The van der Waals surface area contributed by atoms with E-state index in [2.05, 4.69) is 5.32 Å². The highest BCUT2D eigenvalue weighted by Gasteiger charge is 2.42. The fourth-order valence-corrected chi connectivity index (χ4v) is 4.23. The second-order valence-corrected chi connectivity index (χ2v) is 8.20. The fourth-order valence-electron chi connectivity index (χ4n) is 3.51. The zero-order chi connectivity index (χ0) is 20.1. The van der Waals surface area contributed by atoms with Crippen LogP contribution in [0.25, 0.3) is 0 Å². The highest BCUT2D eigenvalue weighted by Crippen LogP contribution is 2.46. The first kappa shape index (κ1) is 19.6. The van der Waals surface area contributed by atoms with E-state index in [1.54, 1.807) is 18.2 Å². The van der Waals surface area contributed by atoms with Crippen molar-refractivity contribution >= 4 is 29.3 Å². The average Bonchev–Trinajstić information content (AvgIpc) is 3.08. The van der Waals surface area contributed by atoms with Crippen molar-refractivity contribution in [3.63, 3.8) is 0 Å². The van der Waals surface area contributed by atoms with Crippen LogP contribution < -0.4 is 14.8 Å². The van der Waals surface area contributed by atoms with E-state index in [9.17, 15) is 9.59 Å². The van der Waals surface area contributed by atoms with Crippen molar-refractivity contribution in [1.29, 1.82) is 0 Å². The predicted octanol–water partition coefficient (Wildman–Crippen LogP) is 4.39. The normalized spacial score (nSPS) is 16.4. The molecule has 7 heteroatoms. The molecule has 1 heterocycles. The van der Waals surface area contributed by atoms with Crippen LogP contribution in [0.5, 0.6) is 11.5 Å². The second kappa shape index (κ2) is 8.78. The van der Waals surface area contributed by atoms with E-state index in [-0.39, 0.29) is 12.4 Å². The number of anilines is 1. The summed E-state index contributed by atoms with van der Waals surface area (Å²) in [5.41, 5.74) is 0.583. The first-order valence-corrected chi connectivity index (χ1v) is 10.8. The number of benzene rings is 2. The Kier molecular flexibility index (Phi) is 5.94. The van der Waals surface area contributed by atoms with Crippen LogP contribution in [-0.2, 0) is 14.3 Å². The van der Waals surface area contributed by atoms with Crippen LogP contribution in [0.1, 0.15) is 32.1 Å². The van der Waals surface area contributed by atoms with Crippen molar-refractivity contribution in [3.8, 4) is 11.5 Å². The summed E-state index contributed by atoms with van der Waals surface area (Å²) in [7, 11) is 0. The monoisotopic (exact) mass is 413 g/mol. The van der Waals surface area contributed by atoms with Crippen molar-refractivity contribution in [3.05, 3.63) is 48.5 Å². The number of esters is 1. The van der Waals surface area contributed by atoms with Crippen LogP contribution >= 0.6 is 11.8 Å². The standard InChI is InChI=1S/C22H23NO5S/c24-20(14-26-21(25)15-29-17-7-3-1-4-8-17)23-16-9-10-18-19(13-16)28-22(27-18)11-5-2-6-12-22/h1,3-4,7-10,13H,2,5-6,11-12,14-15H2,(H,23,24). The SMILES string of the molecule is O=C(COC(=O)CSc1ccccc1)Nc1ccc2c(c1)OC1(CCCCC1)O2. The number of nitrogens with one attached hydrogen (secondary N) is 1. The molecular formula is C22H23NO5S. The number of thioether (sulfide) groups is 1. The molecule has 152 valence electrons. The van der Waals surface area contributed by atoms with Gasteiger partial charge < -0.3 is 19.5 Å². The molecule has 1 amide bonds. The maximum Gasteiger partial charge on any atom is 0.316 e. The van der Waals surface area contributed by atoms with E-state index < -0.39 is 17.7 Å². The van der Waals surface area contributed by atoms with Crippen molar-refractivity contribution in [2.24, 2.45) is 0 Å². The van der Waals surface area contributed by atoms with Gasteiger partial charge in [0.15, 0.2) is 18.1 Å². The molecule has 0 radical (unpaired) electrons. The van der Waals surface area contributed by atoms with Crippen LogP contribution in [0, 0.1) is 0 Å². The lowest BCUT2D eigenvalue weighted by Crippen LogP contribution is -2.40. The van der Waals surface area contributed by atoms with Gasteiger partial charge in [0.1, 0.15) is 0 Å². The lowest BCUT2D eigenvalue weighted by Gasteiger charge is -2.31. The van der Waals surface area contributed by atoms with Crippen molar-refractivity contribution in [2.45, 2.75) is 42.8 Å². The molecule has 1 saturated carbocycles. The Morgan fingerprint density at radius 3 is 2.55 bits per heavy atom. The van der Waals surface area contributed by atoms with Crippen LogP contribution in [0.2, 0.25) is 0 Å². The molecule has 0 bridgehead atoms. The van der Waals surface area contributed by atoms with Crippen molar-refractivity contribution in [2.75, 3.05) is 17.7 Å². The van der Waals surface area contributed by atoms with Crippen LogP contribution in [0.4, 0.5) is 5.69 Å². The lowest BCUT2D eigenvalue weighted by molar-refractivity contribution is -0.144. The quantitative estimate of drug-likeness (QED) is 0.559. The summed E-state index contributed by atoms with van der Waals surface area (Å²) in [5.74, 6) is 0.127. The third-order valence-electron chi connectivity index (χ3n) is 4.90. The molecule has 1 aliphatic heterocycles. The van der Waals surface area contributed by atoms with Crippen LogP contribution in [-0.4, -0.2) is 30.0 Å². The number of rotatable bonds is 6. The Labute approximate surface area is 173 Å². The molecule has 1 aliphatic carbocycles. The van der Waals surface area contributed by atoms with E-state index in [1.165, 1.54) is 18.2 Å². The summed E-state index contributed by atoms with van der Waals surface area (Å²) in [6, 6.07) is 14.9. The smallest absolute Gasteiger partial charge is 0.316 e. The summed E-state index contributed by atoms with van der Waals surface area (Å²) in [6.45, 7) is -0.327. The summed E-state index contributed by atoms with van der Waals surface area (Å²) in [6.07, 6.45) is 5.13. The second-order valence-electron chi connectivity index (χ2n) is 7.15. The van der Waals surface area contributed by atoms with Gasteiger partial charge in [0.2, 0.25) is 0 Å². The molecule has 0 saturated heterocycles. The molecule has 2 aromatic rings. The Hall–Kier alpha value is -2.67. The van der Waals surface area contributed by atoms with Gasteiger partial charge in [0.05, 0.1) is 5.75 Å². The maximum absolute atomic E-state index is 12.1. The number of carbonyl (C=O) groups is 2. The first-order chi connectivity index (χ1) is 14.1. The fraction of sp³-hybridized carbons (Fsp3) is 0.364. The number of hydrogen-bond donors (Lipinski definition) is 1. The molecular weight excluding hydrogens is 390 g/mol. The zero-order valence-electron chi connectivity index (χ0n) is 16.0. The van der Waals surface area contributed by atoms with Gasteiger partial charge in [-0.2, -0.15) is 0 Å². The largest absolute Gasteiger partial charge is 0.455 e. The van der Waals surface area contributed by atoms with E-state index >= 15 is 0 Å². The Balaban J connectivity index is 1.24. The third kappa shape index (κ3) is 5.03. The van der Waals surface area contributed by atoms with Gasteiger partial charge in [-0.05, 0) is 37.1 Å². The number of ether oxygens (including phenoxy) is 3. The van der Waals surface area contributed by atoms with Gasteiger partial charge in [-0.1, -0.05) is 24.6 Å². The molecule has 0 atom stereocenters.